The highest BCUT2D eigenvalue weighted by Crippen LogP contribution is 2.21. The van der Waals surface area contributed by atoms with Gasteiger partial charge >= 0.3 is 0 Å². The summed E-state index contributed by atoms with van der Waals surface area (Å²) < 4.78 is 5.85. The molecule has 0 N–H and O–H groups in total. The molecule has 2 saturated heterocycles. The van der Waals surface area contributed by atoms with Gasteiger partial charge < -0.3 is 9.64 Å². The summed E-state index contributed by atoms with van der Waals surface area (Å²) in [6.45, 7) is 8.72. The lowest BCUT2D eigenvalue weighted by molar-refractivity contribution is -0.00645. The van der Waals surface area contributed by atoms with Gasteiger partial charge in [-0.15, -0.1) is 0 Å². The van der Waals surface area contributed by atoms with Gasteiger partial charge in [0.25, 0.3) is 0 Å². The van der Waals surface area contributed by atoms with Crippen LogP contribution in [0.25, 0.3) is 0 Å². The zero-order valence-corrected chi connectivity index (χ0v) is 12.4. The van der Waals surface area contributed by atoms with E-state index in [-0.39, 0.29) is 0 Å². The normalized spacial score (nSPS) is 24.9. The molecule has 2 aliphatic rings. The van der Waals surface area contributed by atoms with E-state index in [0.29, 0.717) is 6.10 Å². The second-order valence-electron chi connectivity index (χ2n) is 5.94. The van der Waals surface area contributed by atoms with E-state index in [9.17, 15) is 0 Å². The fourth-order valence-corrected chi connectivity index (χ4v) is 3.23. The molecule has 110 valence electrons. The zero-order chi connectivity index (χ0) is 13.8. The second kappa shape index (κ2) is 6.55. The molecule has 1 atom stereocenters. The quantitative estimate of drug-likeness (QED) is 0.844. The van der Waals surface area contributed by atoms with Crippen molar-refractivity contribution in [1.29, 1.82) is 0 Å². The van der Waals surface area contributed by atoms with Crippen LogP contribution in [-0.4, -0.2) is 55.3 Å². The Morgan fingerprint density at radius 1 is 1.25 bits per heavy atom. The number of anilines is 1. The van der Waals surface area contributed by atoms with Crippen LogP contribution in [0.1, 0.15) is 24.8 Å². The predicted molar refractivity (Wildman–Crippen MR) is 81.2 cm³/mol. The molecular weight excluding hydrogens is 250 g/mol. The number of pyridine rings is 1. The molecule has 4 nitrogen and oxygen atoms in total. The lowest BCUT2D eigenvalue weighted by Gasteiger charge is -2.38. The molecule has 2 aliphatic heterocycles. The van der Waals surface area contributed by atoms with Crippen molar-refractivity contribution in [2.75, 3.05) is 44.2 Å². The van der Waals surface area contributed by atoms with E-state index < -0.39 is 0 Å². The standard InChI is InChI=1S/C16H25N3O/c1-14-12-17-6-5-16(14)19-9-7-18(8-10-19)13-15-4-2-3-11-20-15/h5-6,12,15H,2-4,7-11,13H2,1H3/t15-/m0/s1. The molecule has 20 heavy (non-hydrogen) atoms. The van der Waals surface area contributed by atoms with Gasteiger partial charge in [0, 0.05) is 57.4 Å². The number of aryl methyl sites for hydroxylation is 1. The minimum absolute atomic E-state index is 0.470. The third-order valence-corrected chi connectivity index (χ3v) is 4.44. The van der Waals surface area contributed by atoms with Crippen LogP contribution in [0.3, 0.4) is 0 Å². The summed E-state index contributed by atoms with van der Waals surface area (Å²) in [4.78, 5) is 9.22. The molecule has 3 rings (SSSR count). The van der Waals surface area contributed by atoms with Crippen LogP contribution in [0.4, 0.5) is 5.69 Å². The maximum absolute atomic E-state index is 5.85. The molecule has 4 heteroatoms. The molecule has 0 bridgehead atoms. The van der Waals surface area contributed by atoms with Crippen LogP contribution < -0.4 is 4.90 Å². The van der Waals surface area contributed by atoms with Gasteiger partial charge in [-0.2, -0.15) is 0 Å². The largest absolute Gasteiger partial charge is 0.377 e. The first-order valence-corrected chi connectivity index (χ1v) is 7.82. The summed E-state index contributed by atoms with van der Waals surface area (Å²) in [6, 6.07) is 2.13. The third-order valence-electron chi connectivity index (χ3n) is 4.44. The number of nitrogens with zero attached hydrogens (tertiary/aromatic N) is 3. The lowest BCUT2D eigenvalue weighted by atomic mass is 10.1. The first-order valence-electron chi connectivity index (χ1n) is 7.82. The first-order chi connectivity index (χ1) is 9.83. The topological polar surface area (TPSA) is 28.6 Å². The van der Waals surface area contributed by atoms with Crippen LogP contribution in [-0.2, 0) is 4.74 Å². The van der Waals surface area contributed by atoms with Gasteiger partial charge in [0.15, 0.2) is 0 Å². The van der Waals surface area contributed by atoms with Crippen molar-refractivity contribution in [2.24, 2.45) is 0 Å². The molecule has 0 spiro atoms. The predicted octanol–water partition coefficient (Wildman–Crippen LogP) is 2.08. The average molecular weight is 275 g/mol. The maximum Gasteiger partial charge on any atom is 0.0702 e. The summed E-state index contributed by atoms with van der Waals surface area (Å²) in [6.07, 6.45) is 8.14. The molecule has 1 aromatic heterocycles. The molecule has 1 aromatic rings. The van der Waals surface area contributed by atoms with E-state index in [1.54, 1.807) is 0 Å². The minimum Gasteiger partial charge on any atom is -0.377 e. The molecule has 0 aromatic carbocycles. The molecule has 0 saturated carbocycles. The number of ether oxygens (including phenoxy) is 1. The Labute approximate surface area is 121 Å². The lowest BCUT2D eigenvalue weighted by Crippen LogP contribution is -2.49. The number of piperazine rings is 1. The average Bonchev–Trinajstić information content (AvgIpc) is 2.50. The van der Waals surface area contributed by atoms with Crippen LogP contribution in [0.5, 0.6) is 0 Å². The summed E-state index contributed by atoms with van der Waals surface area (Å²) in [5.74, 6) is 0. The van der Waals surface area contributed by atoms with Gasteiger partial charge in [0.2, 0.25) is 0 Å². The van der Waals surface area contributed by atoms with E-state index in [1.807, 2.05) is 12.4 Å². The molecule has 0 amide bonds. The van der Waals surface area contributed by atoms with Crippen molar-refractivity contribution in [3.8, 4) is 0 Å². The van der Waals surface area contributed by atoms with Gasteiger partial charge in [-0.1, -0.05) is 0 Å². The SMILES string of the molecule is Cc1cnccc1N1CCN(C[C@@H]2CCCCO2)CC1. The van der Waals surface area contributed by atoms with E-state index in [1.165, 1.54) is 30.5 Å². The zero-order valence-electron chi connectivity index (χ0n) is 12.4. The van der Waals surface area contributed by atoms with Crippen LogP contribution >= 0.6 is 0 Å². The highest BCUT2D eigenvalue weighted by molar-refractivity contribution is 5.51. The molecular formula is C16H25N3O. The second-order valence-corrected chi connectivity index (χ2v) is 5.94. The fourth-order valence-electron chi connectivity index (χ4n) is 3.23. The Morgan fingerprint density at radius 3 is 2.80 bits per heavy atom. The Balaban J connectivity index is 1.50. The van der Waals surface area contributed by atoms with E-state index in [0.717, 1.165) is 39.3 Å². The molecule has 2 fully saturated rings. The van der Waals surface area contributed by atoms with E-state index in [4.69, 9.17) is 4.74 Å². The number of hydrogen-bond donors (Lipinski definition) is 0. The fraction of sp³-hybridized carbons (Fsp3) is 0.688. The van der Waals surface area contributed by atoms with Crippen molar-refractivity contribution in [3.05, 3.63) is 24.0 Å². The van der Waals surface area contributed by atoms with Gasteiger partial charge in [0.05, 0.1) is 6.10 Å². The Morgan fingerprint density at radius 2 is 2.10 bits per heavy atom. The Bertz CT molecular complexity index is 423. The van der Waals surface area contributed by atoms with Gasteiger partial charge in [-0.25, -0.2) is 0 Å². The van der Waals surface area contributed by atoms with Crippen LogP contribution in [0.15, 0.2) is 18.5 Å². The number of aromatic nitrogens is 1. The Hall–Kier alpha value is -1.13. The third kappa shape index (κ3) is 3.30. The molecule has 0 aliphatic carbocycles. The van der Waals surface area contributed by atoms with Crippen molar-refractivity contribution in [2.45, 2.75) is 32.3 Å². The van der Waals surface area contributed by atoms with Crippen molar-refractivity contribution in [3.63, 3.8) is 0 Å². The van der Waals surface area contributed by atoms with E-state index >= 15 is 0 Å². The highest BCUT2D eigenvalue weighted by atomic mass is 16.5. The molecule has 3 heterocycles. The van der Waals surface area contributed by atoms with Crippen molar-refractivity contribution < 1.29 is 4.74 Å². The number of rotatable bonds is 3. The molecule has 0 radical (unpaired) electrons. The van der Waals surface area contributed by atoms with Crippen LogP contribution in [0, 0.1) is 6.92 Å². The first kappa shape index (κ1) is 13.8. The highest BCUT2D eigenvalue weighted by Gasteiger charge is 2.22. The smallest absolute Gasteiger partial charge is 0.0702 e. The van der Waals surface area contributed by atoms with Crippen LogP contribution in [0.2, 0.25) is 0 Å². The van der Waals surface area contributed by atoms with Crippen molar-refractivity contribution in [1.82, 2.24) is 9.88 Å². The summed E-state index contributed by atoms with van der Waals surface area (Å²) in [5.41, 5.74) is 2.62. The monoisotopic (exact) mass is 275 g/mol. The molecule has 0 unspecified atom stereocenters. The summed E-state index contributed by atoms with van der Waals surface area (Å²) >= 11 is 0. The maximum atomic E-state index is 5.85. The summed E-state index contributed by atoms with van der Waals surface area (Å²) in [5, 5.41) is 0. The van der Waals surface area contributed by atoms with E-state index in [2.05, 4.69) is 27.8 Å². The van der Waals surface area contributed by atoms with Crippen molar-refractivity contribution >= 4 is 5.69 Å². The minimum atomic E-state index is 0.470. The van der Waals surface area contributed by atoms with Gasteiger partial charge in [-0.3, -0.25) is 9.88 Å². The number of hydrogen-bond acceptors (Lipinski definition) is 4. The van der Waals surface area contributed by atoms with Gasteiger partial charge in [-0.05, 0) is 37.8 Å². The Kier molecular flexibility index (Phi) is 4.53. The van der Waals surface area contributed by atoms with Gasteiger partial charge in [0.1, 0.15) is 0 Å². The summed E-state index contributed by atoms with van der Waals surface area (Å²) in [7, 11) is 0.